The van der Waals surface area contributed by atoms with Crippen molar-refractivity contribution in [3.8, 4) is 0 Å². The van der Waals surface area contributed by atoms with E-state index in [1.165, 1.54) is 40.0 Å². The number of amides is 2. The Balaban J connectivity index is 4.75. The SMILES string of the molecule is COC(=O)C(C)CN(C)C(=O)N(C)C(C)(C)C(=O)O. The van der Waals surface area contributed by atoms with Gasteiger partial charge in [-0.15, -0.1) is 0 Å². The number of carboxylic acid groups (broad SMARTS) is 1. The number of ether oxygens (including phenoxy) is 1. The molecule has 0 bridgehead atoms. The first-order valence-electron chi connectivity index (χ1n) is 5.85. The Morgan fingerprint density at radius 1 is 1.26 bits per heavy atom. The average molecular weight is 274 g/mol. The molecule has 7 nitrogen and oxygen atoms in total. The van der Waals surface area contributed by atoms with Gasteiger partial charge in [-0.2, -0.15) is 0 Å². The molecule has 0 saturated heterocycles. The first-order chi connectivity index (χ1) is 8.55. The summed E-state index contributed by atoms with van der Waals surface area (Å²) in [6, 6.07) is -0.469. The molecule has 19 heavy (non-hydrogen) atoms. The van der Waals surface area contributed by atoms with Crippen LogP contribution in [0, 0.1) is 5.92 Å². The molecule has 1 unspecified atom stereocenters. The molecule has 1 N–H and O–H groups in total. The third-order valence-electron chi connectivity index (χ3n) is 3.13. The molecule has 0 saturated carbocycles. The van der Waals surface area contributed by atoms with Crippen LogP contribution in [0.5, 0.6) is 0 Å². The highest BCUT2D eigenvalue weighted by atomic mass is 16.5. The smallest absolute Gasteiger partial charge is 0.329 e. The van der Waals surface area contributed by atoms with Crippen LogP contribution < -0.4 is 0 Å². The minimum absolute atomic E-state index is 0.158. The summed E-state index contributed by atoms with van der Waals surface area (Å²) in [5.41, 5.74) is -1.32. The first-order valence-corrected chi connectivity index (χ1v) is 5.85. The number of rotatable bonds is 5. The van der Waals surface area contributed by atoms with Crippen LogP contribution in [0.2, 0.25) is 0 Å². The van der Waals surface area contributed by atoms with E-state index in [-0.39, 0.29) is 6.54 Å². The van der Waals surface area contributed by atoms with E-state index in [1.54, 1.807) is 6.92 Å². The fourth-order valence-corrected chi connectivity index (χ4v) is 1.40. The van der Waals surface area contributed by atoms with Gasteiger partial charge in [0.05, 0.1) is 13.0 Å². The van der Waals surface area contributed by atoms with Crippen molar-refractivity contribution in [1.82, 2.24) is 9.80 Å². The van der Waals surface area contributed by atoms with Crippen LogP contribution in [-0.2, 0) is 14.3 Å². The third kappa shape index (κ3) is 4.11. The second kappa shape index (κ2) is 6.40. The Kier molecular flexibility index (Phi) is 5.80. The van der Waals surface area contributed by atoms with Gasteiger partial charge >= 0.3 is 18.0 Å². The fourth-order valence-electron chi connectivity index (χ4n) is 1.40. The molecule has 0 spiro atoms. The lowest BCUT2D eigenvalue weighted by molar-refractivity contribution is -0.148. The summed E-state index contributed by atoms with van der Waals surface area (Å²) < 4.78 is 4.57. The first kappa shape index (κ1) is 17.2. The Labute approximate surface area is 113 Å². The number of carbonyl (C=O) groups excluding carboxylic acids is 2. The molecule has 0 aliphatic heterocycles. The molecule has 0 aliphatic rings. The molecule has 0 heterocycles. The molecule has 1 atom stereocenters. The second-order valence-corrected chi connectivity index (χ2v) is 5.01. The zero-order valence-corrected chi connectivity index (χ0v) is 12.3. The topological polar surface area (TPSA) is 87.2 Å². The summed E-state index contributed by atoms with van der Waals surface area (Å²) >= 11 is 0. The van der Waals surface area contributed by atoms with Crippen molar-refractivity contribution in [1.29, 1.82) is 0 Å². The third-order valence-corrected chi connectivity index (χ3v) is 3.13. The highest BCUT2D eigenvalue weighted by Crippen LogP contribution is 2.15. The van der Waals surface area contributed by atoms with E-state index >= 15 is 0 Å². The van der Waals surface area contributed by atoms with Gasteiger partial charge < -0.3 is 19.6 Å². The van der Waals surface area contributed by atoms with E-state index in [0.29, 0.717) is 0 Å². The van der Waals surface area contributed by atoms with E-state index in [2.05, 4.69) is 4.74 Å². The van der Waals surface area contributed by atoms with Gasteiger partial charge in [-0.25, -0.2) is 9.59 Å². The number of hydrogen-bond acceptors (Lipinski definition) is 4. The van der Waals surface area contributed by atoms with Crippen LogP contribution in [0.25, 0.3) is 0 Å². The number of urea groups is 1. The van der Waals surface area contributed by atoms with Crippen molar-refractivity contribution in [2.45, 2.75) is 26.3 Å². The number of methoxy groups -OCH3 is 1. The molecule has 0 radical (unpaired) electrons. The van der Waals surface area contributed by atoms with Crippen LogP contribution in [0.4, 0.5) is 4.79 Å². The van der Waals surface area contributed by atoms with E-state index in [1.807, 2.05) is 0 Å². The number of aliphatic carboxylic acids is 1. The minimum atomic E-state index is -1.32. The number of nitrogens with zero attached hydrogens (tertiary/aromatic N) is 2. The molecule has 110 valence electrons. The van der Waals surface area contributed by atoms with Crippen molar-refractivity contribution in [3.05, 3.63) is 0 Å². The van der Waals surface area contributed by atoms with Crippen molar-refractivity contribution in [3.63, 3.8) is 0 Å². The normalized spacial score (nSPS) is 12.5. The molecular weight excluding hydrogens is 252 g/mol. The Hall–Kier alpha value is -1.79. The molecule has 0 fully saturated rings. The molecule has 0 rings (SSSR count). The van der Waals surface area contributed by atoms with Gasteiger partial charge in [0, 0.05) is 20.6 Å². The molecule has 7 heteroatoms. The predicted octanol–water partition coefficient (Wildman–Crippen LogP) is 0.642. The van der Waals surface area contributed by atoms with E-state index in [4.69, 9.17) is 5.11 Å². The summed E-state index contributed by atoms with van der Waals surface area (Å²) in [6.07, 6.45) is 0. The highest BCUT2D eigenvalue weighted by Gasteiger charge is 2.36. The van der Waals surface area contributed by atoms with Crippen LogP contribution in [0.1, 0.15) is 20.8 Å². The van der Waals surface area contributed by atoms with Crippen molar-refractivity contribution in [2.24, 2.45) is 5.92 Å². The van der Waals surface area contributed by atoms with Gasteiger partial charge in [-0.1, -0.05) is 6.92 Å². The van der Waals surface area contributed by atoms with Crippen molar-refractivity contribution in [2.75, 3.05) is 27.7 Å². The summed E-state index contributed by atoms with van der Waals surface area (Å²) in [6.45, 7) is 4.67. The second-order valence-electron chi connectivity index (χ2n) is 5.01. The van der Waals surface area contributed by atoms with Gasteiger partial charge in [-0.3, -0.25) is 4.79 Å². The maximum atomic E-state index is 12.1. The maximum Gasteiger partial charge on any atom is 0.329 e. The van der Waals surface area contributed by atoms with Crippen LogP contribution in [0.15, 0.2) is 0 Å². The highest BCUT2D eigenvalue weighted by molar-refractivity contribution is 5.85. The predicted molar refractivity (Wildman–Crippen MR) is 68.7 cm³/mol. The van der Waals surface area contributed by atoms with Crippen LogP contribution >= 0.6 is 0 Å². The Bertz CT molecular complexity index is 367. The molecular formula is C12H22N2O5. The van der Waals surface area contributed by atoms with Gasteiger partial charge in [0.2, 0.25) is 0 Å². The van der Waals surface area contributed by atoms with E-state index in [0.717, 1.165) is 4.90 Å². The number of esters is 1. The van der Waals surface area contributed by atoms with Crippen molar-refractivity contribution < 1.29 is 24.2 Å². The summed E-state index contributed by atoms with van der Waals surface area (Å²) in [5, 5.41) is 9.06. The Morgan fingerprint density at radius 3 is 2.11 bits per heavy atom. The largest absolute Gasteiger partial charge is 0.480 e. The number of hydrogen-bond donors (Lipinski definition) is 1. The fraction of sp³-hybridized carbons (Fsp3) is 0.750. The molecule has 0 aromatic rings. The summed E-state index contributed by atoms with van der Waals surface area (Å²) in [5.74, 6) is -1.99. The van der Waals surface area contributed by atoms with E-state index in [9.17, 15) is 14.4 Å². The van der Waals surface area contributed by atoms with Gasteiger partial charge in [0.1, 0.15) is 5.54 Å². The maximum absolute atomic E-state index is 12.1. The quantitative estimate of drug-likeness (QED) is 0.743. The van der Waals surface area contributed by atoms with Gasteiger partial charge in [0.15, 0.2) is 0 Å². The molecule has 0 aromatic carbocycles. The number of likely N-dealkylation sites (N-methyl/N-ethyl adjacent to an activating group) is 1. The summed E-state index contributed by atoms with van der Waals surface area (Å²) in [7, 11) is 4.20. The number of carbonyl (C=O) groups is 3. The Morgan fingerprint density at radius 2 is 1.74 bits per heavy atom. The monoisotopic (exact) mass is 274 g/mol. The van der Waals surface area contributed by atoms with Crippen LogP contribution in [-0.4, -0.2) is 66.2 Å². The molecule has 0 aliphatic carbocycles. The van der Waals surface area contributed by atoms with E-state index < -0.39 is 29.4 Å². The molecule has 2 amide bonds. The lowest BCUT2D eigenvalue weighted by Crippen LogP contribution is -2.55. The number of carboxylic acids is 1. The van der Waals surface area contributed by atoms with Crippen molar-refractivity contribution >= 4 is 18.0 Å². The van der Waals surface area contributed by atoms with Gasteiger partial charge in [0.25, 0.3) is 0 Å². The average Bonchev–Trinajstić information content (AvgIpc) is 2.35. The summed E-state index contributed by atoms with van der Waals surface area (Å²) in [4.78, 5) is 36.9. The lowest BCUT2D eigenvalue weighted by atomic mass is 10.0. The zero-order chi connectivity index (χ0) is 15.4. The molecule has 0 aromatic heterocycles. The van der Waals surface area contributed by atoms with Gasteiger partial charge in [-0.05, 0) is 13.8 Å². The van der Waals surface area contributed by atoms with Crippen LogP contribution in [0.3, 0.4) is 0 Å². The standard InChI is InChI=1S/C12H22N2O5/c1-8(9(15)19-6)7-13(4)11(18)14(5)12(2,3)10(16)17/h8H,7H2,1-6H3,(H,16,17). The lowest BCUT2D eigenvalue weighted by Gasteiger charge is -2.35. The minimum Gasteiger partial charge on any atom is -0.480 e. The zero-order valence-electron chi connectivity index (χ0n) is 12.3.